The number of unbranched alkanes of at least 4 members (excludes halogenated alkanes) is 38. The maximum absolute atomic E-state index is 13.0. The third kappa shape index (κ3) is 62.2. The number of hydrogen-bond donors (Lipinski definition) is 3. The number of aliphatic hydroxyl groups is 1. The lowest BCUT2D eigenvalue weighted by Gasteiger charge is -2.21. The van der Waals surface area contributed by atoms with E-state index in [1.165, 1.54) is 167 Å². The van der Waals surface area contributed by atoms with Gasteiger partial charge in [-0.3, -0.25) is 37.3 Å². The maximum Gasteiger partial charge on any atom is 0.472 e. The van der Waals surface area contributed by atoms with Gasteiger partial charge in [-0.2, -0.15) is 0 Å². The number of esters is 4. The molecule has 0 spiro atoms. The predicted octanol–water partition coefficient (Wildman–Crippen LogP) is 20.4. The summed E-state index contributed by atoms with van der Waals surface area (Å²) in [6.07, 6.45) is 48.7. The molecule has 3 N–H and O–H groups in total. The average Bonchev–Trinajstić information content (AvgIpc) is 3.73. The molecule has 0 aromatic carbocycles. The van der Waals surface area contributed by atoms with Gasteiger partial charge in [-0.25, -0.2) is 9.13 Å². The summed E-state index contributed by atoms with van der Waals surface area (Å²) in [7, 11) is -9.90. The zero-order valence-corrected chi connectivity index (χ0v) is 60.2. The highest BCUT2D eigenvalue weighted by Crippen LogP contribution is 2.45. The second-order valence-electron chi connectivity index (χ2n) is 26.1. The van der Waals surface area contributed by atoms with E-state index >= 15 is 0 Å². The molecule has 0 saturated heterocycles. The van der Waals surface area contributed by atoms with Gasteiger partial charge in [0.25, 0.3) is 0 Å². The Hall–Kier alpha value is -1.94. The van der Waals surface area contributed by atoms with E-state index < -0.39 is 97.5 Å². The minimum absolute atomic E-state index is 0.105. The van der Waals surface area contributed by atoms with E-state index in [0.717, 1.165) is 115 Å². The molecular weight excluding hydrogens is 1190 g/mol. The number of phosphoric ester groups is 2. The molecule has 19 heteroatoms. The van der Waals surface area contributed by atoms with Crippen LogP contribution in [0.2, 0.25) is 0 Å². The van der Waals surface area contributed by atoms with E-state index in [0.29, 0.717) is 25.7 Å². The molecule has 0 radical (unpaired) electrons. The maximum atomic E-state index is 13.0. The van der Waals surface area contributed by atoms with Gasteiger partial charge in [-0.05, 0) is 37.5 Å². The SMILES string of the molecule is CCCCCCCCCCCCCCCCCCCCCC(=O)O[C@H](COC(=O)CCCCCCCCCCC(C)CC)COP(=O)(O)OC[C@@H](O)COP(=O)(O)OC[C@@H](COC(=O)CCCCCCCCC)OC(=O)CCCCCCCCCCC(C)CC. The average molecular weight is 1330 g/mol. The van der Waals surface area contributed by atoms with E-state index in [1.54, 1.807) is 0 Å². The van der Waals surface area contributed by atoms with Crippen LogP contribution in [0.3, 0.4) is 0 Å². The molecule has 0 aromatic heterocycles. The van der Waals surface area contributed by atoms with Crippen molar-refractivity contribution in [3.63, 3.8) is 0 Å². The number of carbonyl (C=O) groups excluding carboxylic acids is 4. The largest absolute Gasteiger partial charge is 0.472 e. The highest BCUT2D eigenvalue weighted by Gasteiger charge is 2.30. The molecule has 0 bridgehead atoms. The first-order valence-electron chi connectivity index (χ1n) is 37.1. The lowest BCUT2D eigenvalue weighted by Crippen LogP contribution is -2.30. The summed E-state index contributed by atoms with van der Waals surface area (Å²) in [6, 6.07) is 0. The molecular formula is C71H138O17P2. The van der Waals surface area contributed by atoms with Crippen LogP contribution in [0.15, 0.2) is 0 Å². The smallest absolute Gasteiger partial charge is 0.462 e. The van der Waals surface area contributed by atoms with Gasteiger partial charge in [0.15, 0.2) is 12.2 Å². The van der Waals surface area contributed by atoms with Crippen molar-refractivity contribution >= 4 is 39.5 Å². The van der Waals surface area contributed by atoms with Crippen molar-refractivity contribution in [2.75, 3.05) is 39.6 Å². The molecule has 0 heterocycles. The Balaban J connectivity index is 5.19. The van der Waals surface area contributed by atoms with Crippen LogP contribution in [-0.2, 0) is 65.4 Å². The normalized spacial score (nSPS) is 14.7. The molecule has 90 heavy (non-hydrogen) atoms. The van der Waals surface area contributed by atoms with Gasteiger partial charge in [-0.15, -0.1) is 0 Å². The fraction of sp³-hybridized carbons (Fsp3) is 0.944. The molecule has 534 valence electrons. The molecule has 0 aliphatic rings. The monoisotopic (exact) mass is 1320 g/mol. The van der Waals surface area contributed by atoms with Gasteiger partial charge in [-0.1, -0.05) is 311 Å². The minimum Gasteiger partial charge on any atom is -0.462 e. The van der Waals surface area contributed by atoms with Gasteiger partial charge in [0.1, 0.15) is 19.3 Å². The first kappa shape index (κ1) is 88.1. The first-order chi connectivity index (χ1) is 43.4. The Morgan fingerprint density at radius 2 is 0.533 bits per heavy atom. The first-order valence-corrected chi connectivity index (χ1v) is 40.1. The molecule has 0 aromatic rings. The Morgan fingerprint density at radius 3 is 0.789 bits per heavy atom. The third-order valence-corrected chi connectivity index (χ3v) is 19.1. The van der Waals surface area contributed by atoms with Crippen molar-refractivity contribution in [2.24, 2.45) is 11.8 Å². The van der Waals surface area contributed by atoms with Gasteiger partial charge >= 0.3 is 39.5 Å². The standard InChI is InChI=1S/C71H138O17P2/c1-7-11-13-15-17-18-19-20-21-22-23-24-25-26-27-28-37-43-49-55-70(75)87-67(60-82-69(74)54-48-42-36-31-29-34-39-45-51-63(5)9-3)62-86-90(79,80)84-58-65(72)57-83-89(77,78)85-61-66(59-81-68(73)53-47-41-33-16-14-12-8-2)88-71(76)56-50-44-38-32-30-35-40-46-52-64(6)10-4/h63-67,72H,7-62H2,1-6H3,(H,77,78)(H,79,80)/t63?,64?,65-,66+,67+/m0/s1. The van der Waals surface area contributed by atoms with Crippen LogP contribution in [0.4, 0.5) is 0 Å². The molecule has 0 saturated carbocycles. The molecule has 0 rings (SSSR count). The number of aliphatic hydroxyl groups excluding tert-OH is 1. The Labute approximate surface area is 549 Å². The molecule has 0 aliphatic heterocycles. The van der Waals surface area contributed by atoms with Crippen LogP contribution >= 0.6 is 15.6 Å². The number of rotatable bonds is 70. The van der Waals surface area contributed by atoms with Crippen LogP contribution in [0, 0.1) is 11.8 Å². The fourth-order valence-electron chi connectivity index (χ4n) is 10.7. The Bertz CT molecular complexity index is 1760. The van der Waals surface area contributed by atoms with Crippen molar-refractivity contribution in [3.05, 3.63) is 0 Å². The van der Waals surface area contributed by atoms with Crippen LogP contribution in [0.5, 0.6) is 0 Å². The van der Waals surface area contributed by atoms with Crippen LogP contribution < -0.4 is 0 Å². The zero-order chi connectivity index (χ0) is 66.5. The van der Waals surface area contributed by atoms with Crippen molar-refractivity contribution in [1.29, 1.82) is 0 Å². The fourth-order valence-corrected chi connectivity index (χ4v) is 12.3. The second-order valence-corrected chi connectivity index (χ2v) is 29.0. The third-order valence-electron chi connectivity index (χ3n) is 17.2. The number of hydrogen-bond acceptors (Lipinski definition) is 15. The van der Waals surface area contributed by atoms with E-state index in [9.17, 15) is 43.2 Å². The van der Waals surface area contributed by atoms with E-state index in [4.69, 9.17) is 37.0 Å². The van der Waals surface area contributed by atoms with Crippen LogP contribution in [0.25, 0.3) is 0 Å². The number of carbonyl (C=O) groups is 4. The molecule has 0 amide bonds. The van der Waals surface area contributed by atoms with Crippen LogP contribution in [0.1, 0.15) is 363 Å². The minimum atomic E-state index is -4.95. The Morgan fingerprint density at radius 1 is 0.311 bits per heavy atom. The highest BCUT2D eigenvalue weighted by atomic mass is 31.2. The summed E-state index contributed by atoms with van der Waals surface area (Å²) < 4.78 is 68.2. The summed E-state index contributed by atoms with van der Waals surface area (Å²) in [5.74, 6) is -0.582. The van der Waals surface area contributed by atoms with Crippen molar-refractivity contribution in [1.82, 2.24) is 0 Å². The summed E-state index contributed by atoms with van der Waals surface area (Å²) >= 11 is 0. The molecule has 0 fully saturated rings. The lowest BCUT2D eigenvalue weighted by atomic mass is 9.99. The van der Waals surface area contributed by atoms with Gasteiger partial charge < -0.3 is 33.8 Å². The highest BCUT2D eigenvalue weighted by molar-refractivity contribution is 7.47. The summed E-state index contributed by atoms with van der Waals surface area (Å²) in [4.78, 5) is 72.4. The van der Waals surface area contributed by atoms with Gasteiger partial charge in [0.05, 0.1) is 26.4 Å². The van der Waals surface area contributed by atoms with Crippen molar-refractivity contribution in [2.45, 2.75) is 381 Å². The predicted molar refractivity (Wildman–Crippen MR) is 363 cm³/mol. The van der Waals surface area contributed by atoms with E-state index in [-0.39, 0.29) is 25.7 Å². The second kappa shape index (κ2) is 63.1. The summed E-state index contributed by atoms with van der Waals surface area (Å²) in [5.41, 5.74) is 0. The molecule has 4 unspecified atom stereocenters. The number of ether oxygens (including phenoxy) is 4. The van der Waals surface area contributed by atoms with E-state index in [1.807, 2.05) is 0 Å². The molecule has 17 nitrogen and oxygen atoms in total. The summed E-state index contributed by atoms with van der Waals surface area (Å²) in [5, 5.41) is 10.6. The van der Waals surface area contributed by atoms with Crippen molar-refractivity contribution in [3.8, 4) is 0 Å². The van der Waals surface area contributed by atoms with Gasteiger partial charge in [0.2, 0.25) is 0 Å². The molecule has 0 aliphatic carbocycles. The summed E-state index contributed by atoms with van der Waals surface area (Å²) in [6.45, 7) is 9.51. The number of phosphoric acid groups is 2. The van der Waals surface area contributed by atoms with Gasteiger partial charge in [0, 0.05) is 25.7 Å². The topological polar surface area (TPSA) is 237 Å². The zero-order valence-electron chi connectivity index (χ0n) is 58.4. The van der Waals surface area contributed by atoms with Crippen LogP contribution in [-0.4, -0.2) is 96.7 Å². The molecule has 7 atom stereocenters. The lowest BCUT2D eigenvalue weighted by molar-refractivity contribution is -0.161. The Kier molecular flexibility index (Phi) is 61.8. The quantitative estimate of drug-likeness (QED) is 0.0222. The van der Waals surface area contributed by atoms with E-state index in [2.05, 4.69) is 41.5 Å². The van der Waals surface area contributed by atoms with Crippen molar-refractivity contribution < 1.29 is 80.2 Å².